The molecule has 1 fully saturated rings. The summed E-state index contributed by atoms with van der Waals surface area (Å²) in [5.74, 6) is 1.12. The molecule has 1 atom stereocenters. The minimum Gasteiger partial charge on any atom is -0.352 e. The molecule has 31 heavy (non-hydrogen) atoms. The maximum absolute atomic E-state index is 13.2. The van der Waals surface area contributed by atoms with Gasteiger partial charge in [-0.2, -0.15) is 0 Å². The van der Waals surface area contributed by atoms with Crippen LogP contribution in [0.25, 0.3) is 0 Å². The molecule has 1 aliphatic carbocycles. The number of nitrogens with one attached hydrogen (secondary N) is 1. The van der Waals surface area contributed by atoms with E-state index in [2.05, 4.69) is 30.4 Å². The van der Waals surface area contributed by atoms with Crippen molar-refractivity contribution in [3.8, 4) is 0 Å². The van der Waals surface area contributed by atoms with Gasteiger partial charge in [-0.05, 0) is 43.4 Å². The Bertz CT molecular complexity index is 849. The second kappa shape index (κ2) is 11.9. The summed E-state index contributed by atoms with van der Waals surface area (Å²) in [5, 5.41) is 3.20. The molecule has 3 rings (SSSR count). The Kier molecular flexibility index (Phi) is 9.01. The second-order valence-corrected chi connectivity index (χ2v) is 9.43. The molecule has 0 unspecified atom stereocenters. The first-order chi connectivity index (χ1) is 15.0. The fourth-order valence-electron chi connectivity index (χ4n) is 4.04. The van der Waals surface area contributed by atoms with E-state index < -0.39 is 6.04 Å². The molecule has 0 aliphatic heterocycles. The van der Waals surface area contributed by atoms with Gasteiger partial charge in [0.2, 0.25) is 11.8 Å². The quantitative estimate of drug-likeness (QED) is 0.593. The fourth-order valence-corrected chi connectivity index (χ4v) is 4.91. The van der Waals surface area contributed by atoms with Crippen molar-refractivity contribution in [1.82, 2.24) is 10.2 Å². The Morgan fingerprint density at radius 2 is 1.71 bits per heavy atom. The molecule has 166 valence electrons. The monoisotopic (exact) mass is 438 g/mol. The Morgan fingerprint density at radius 3 is 2.42 bits per heavy atom. The van der Waals surface area contributed by atoms with Crippen LogP contribution in [0.1, 0.15) is 55.7 Å². The van der Waals surface area contributed by atoms with E-state index in [1.165, 1.54) is 24.8 Å². The molecule has 1 N–H and O–H groups in total. The van der Waals surface area contributed by atoms with Crippen molar-refractivity contribution in [3.05, 3.63) is 71.3 Å². The summed E-state index contributed by atoms with van der Waals surface area (Å²) in [7, 11) is 0. The lowest BCUT2D eigenvalue weighted by atomic mass is 9.95. The van der Waals surface area contributed by atoms with Crippen LogP contribution in [0.5, 0.6) is 0 Å². The molecule has 0 bridgehead atoms. The molecule has 2 aromatic rings. The van der Waals surface area contributed by atoms with Crippen LogP contribution in [0.2, 0.25) is 0 Å². The van der Waals surface area contributed by atoms with Crippen LogP contribution in [-0.4, -0.2) is 34.6 Å². The largest absolute Gasteiger partial charge is 0.352 e. The number of rotatable bonds is 9. The molecule has 5 heteroatoms. The summed E-state index contributed by atoms with van der Waals surface area (Å²) in [6.45, 7) is 4.36. The van der Waals surface area contributed by atoms with Crippen LogP contribution >= 0.6 is 11.8 Å². The average Bonchev–Trinajstić information content (AvgIpc) is 2.79. The van der Waals surface area contributed by atoms with Gasteiger partial charge in [-0.1, -0.05) is 73.9 Å². The zero-order valence-electron chi connectivity index (χ0n) is 18.7. The summed E-state index contributed by atoms with van der Waals surface area (Å²) in [6, 6.07) is 18.0. The molecular weight excluding hydrogens is 404 g/mol. The smallest absolute Gasteiger partial charge is 0.242 e. The number of nitrogens with zero attached hydrogens (tertiary/aromatic N) is 1. The zero-order chi connectivity index (χ0) is 22.1. The summed E-state index contributed by atoms with van der Waals surface area (Å²) in [4.78, 5) is 28.0. The SMILES string of the molecule is Cc1ccccc1CN(C(=O)CSCc1ccccc1)[C@@H](C)C(=O)NC1CCCCC1. The Balaban J connectivity index is 1.66. The highest BCUT2D eigenvalue weighted by Crippen LogP contribution is 2.20. The van der Waals surface area contributed by atoms with Crippen molar-refractivity contribution in [2.24, 2.45) is 0 Å². The van der Waals surface area contributed by atoms with E-state index in [4.69, 9.17) is 0 Å². The highest BCUT2D eigenvalue weighted by atomic mass is 32.2. The molecule has 0 spiro atoms. The maximum atomic E-state index is 13.2. The van der Waals surface area contributed by atoms with Gasteiger partial charge in [0.05, 0.1) is 5.75 Å². The molecule has 1 aliphatic rings. The summed E-state index contributed by atoms with van der Waals surface area (Å²) < 4.78 is 0. The number of thioether (sulfide) groups is 1. The van der Waals surface area contributed by atoms with E-state index in [1.54, 1.807) is 16.7 Å². The van der Waals surface area contributed by atoms with Gasteiger partial charge >= 0.3 is 0 Å². The molecule has 0 aromatic heterocycles. The van der Waals surface area contributed by atoms with Crippen molar-refractivity contribution in [2.75, 3.05) is 5.75 Å². The summed E-state index contributed by atoms with van der Waals surface area (Å²) in [6.07, 6.45) is 5.66. The van der Waals surface area contributed by atoms with Gasteiger partial charge in [-0.15, -0.1) is 11.8 Å². The minimum atomic E-state index is -0.494. The third-order valence-corrected chi connectivity index (χ3v) is 7.05. The standard InChI is InChI=1S/C26H34N2O2S/c1-20-11-9-10-14-23(20)17-28(21(2)26(30)27-24-15-7-4-8-16-24)25(29)19-31-18-22-12-5-3-6-13-22/h3,5-6,9-14,21,24H,4,7-8,15-19H2,1-2H3,(H,27,30)/t21-/m0/s1. The second-order valence-electron chi connectivity index (χ2n) is 8.45. The van der Waals surface area contributed by atoms with Crippen molar-refractivity contribution >= 4 is 23.6 Å². The first-order valence-corrected chi connectivity index (χ1v) is 12.5. The molecule has 1 saturated carbocycles. The summed E-state index contributed by atoms with van der Waals surface area (Å²) in [5.41, 5.74) is 3.42. The number of hydrogen-bond donors (Lipinski definition) is 1. The van der Waals surface area contributed by atoms with Gasteiger partial charge in [0.1, 0.15) is 6.04 Å². The van der Waals surface area contributed by atoms with Crippen LogP contribution < -0.4 is 5.32 Å². The highest BCUT2D eigenvalue weighted by molar-refractivity contribution is 7.99. The van der Waals surface area contributed by atoms with Crippen molar-refractivity contribution < 1.29 is 9.59 Å². The summed E-state index contributed by atoms with van der Waals surface area (Å²) >= 11 is 1.60. The van der Waals surface area contributed by atoms with Crippen LogP contribution in [0.4, 0.5) is 0 Å². The van der Waals surface area contributed by atoms with E-state index in [0.29, 0.717) is 12.3 Å². The maximum Gasteiger partial charge on any atom is 0.242 e. The third-order valence-electron chi connectivity index (χ3n) is 6.06. The lowest BCUT2D eigenvalue weighted by molar-refractivity contribution is -0.139. The van der Waals surface area contributed by atoms with E-state index in [9.17, 15) is 9.59 Å². The number of aryl methyl sites for hydroxylation is 1. The minimum absolute atomic E-state index is 0.00970. The zero-order valence-corrected chi connectivity index (χ0v) is 19.5. The fraction of sp³-hybridized carbons (Fsp3) is 0.462. The van der Waals surface area contributed by atoms with Crippen molar-refractivity contribution in [2.45, 2.75) is 70.3 Å². The van der Waals surface area contributed by atoms with Gasteiger partial charge in [0.25, 0.3) is 0 Å². The molecule has 0 radical (unpaired) electrons. The van der Waals surface area contributed by atoms with Crippen LogP contribution in [-0.2, 0) is 21.9 Å². The van der Waals surface area contributed by atoms with E-state index in [1.807, 2.05) is 43.3 Å². The highest BCUT2D eigenvalue weighted by Gasteiger charge is 2.28. The van der Waals surface area contributed by atoms with E-state index in [0.717, 1.165) is 29.7 Å². The third kappa shape index (κ3) is 7.13. The van der Waals surface area contributed by atoms with Crippen molar-refractivity contribution in [1.29, 1.82) is 0 Å². The first-order valence-electron chi connectivity index (χ1n) is 11.3. The molecule has 4 nitrogen and oxygen atoms in total. The molecule has 0 saturated heterocycles. The Hall–Kier alpha value is -2.27. The molecule has 2 amide bonds. The van der Waals surface area contributed by atoms with Gasteiger partial charge in [-0.25, -0.2) is 0 Å². The van der Waals surface area contributed by atoms with Gasteiger partial charge in [0.15, 0.2) is 0 Å². The lowest BCUT2D eigenvalue weighted by Crippen LogP contribution is -2.50. The topological polar surface area (TPSA) is 49.4 Å². The predicted octanol–water partition coefficient (Wildman–Crippen LogP) is 5.09. The lowest BCUT2D eigenvalue weighted by Gasteiger charge is -2.31. The van der Waals surface area contributed by atoms with Crippen LogP contribution in [0, 0.1) is 6.92 Å². The number of amides is 2. The molecule has 2 aromatic carbocycles. The van der Waals surface area contributed by atoms with E-state index >= 15 is 0 Å². The first kappa shape index (κ1) is 23.4. The number of hydrogen-bond acceptors (Lipinski definition) is 3. The van der Waals surface area contributed by atoms with Gasteiger partial charge < -0.3 is 10.2 Å². The average molecular weight is 439 g/mol. The predicted molar refractivity (Wildman–Crippen MR) is 129 cm³/mol. The van der Waals surface area contributed by atoms with Crippen molar-refractivity contribution in [3.63, 3.8) is 0 Å². The normalized spacial score (nSPS) is 15.3. The van der Waals surface area contributed by atoms with E-state index in [-0.39, 0.29) is 17.9 Å². The van der Waals surface area contributed by atoms with Gasteiger partial charge in [-0.3, -0.25) is 9.59 Å². The van der Waals surface area contributed by atoms with Crippen LogP contribution in [0.15, 0.2) is 54.6 Å². The molecular formula is C26H34N2O2S. The Labute approximate surface area is 190 Å². The van der Waals surface area contributed by atoms with Gasteiger partial charge in [0, 0.05) is 18.3 Å². The number of benzene rings is 2. The molecule has 0 heterocycles. The number of carbonyl (C=O) groups is 2. The number of carbonyl (C=O) groups excluding carboxylic acids is 2. The Morgan fingerprint density at radius 1 is 1.03 bits per heavy atom. The van der Waals surface area contributed by atoms with Crippen LogP contribution in [0.3, 0.4) is 0 Å².